The summed E-state index contributed by atoms with van der Waals surface area (Å²) in [6, 6.07) is 0. The van der Waals surface area contributed by atoms with Crippen LogP contribution in [0.3, 0.4) is 0 Å². The molecule has 15 heavy (non-hydrogen) atoms. The van der Waals surface area contributed by atoms with Gasteiger partial charge < -0.3 is 10.2 Å². The Morgan fingerprint density at radius 1 is 1.47 bits per heavy atom. The predicted octanol–water partition coefficient (Wildman–Crippen LogP) is 1.41. The van der Waals surface area contributed by atoms with Gasteiger partial charge >= 0.3 is 0 Å². The van der Waals surface area contributed by atoms with Crippen molar-refractivity contribution in [1.82, 2.24) is 10.2 Å². The second kappa shape index (κ2) is 5.91. The third kappa shape index (κ3) is 3.67. The minimum atomic E-state index is 0.227. The summed E-state index contributed by atoms with van der Waals surface area (Å²) < 4.78 is 0. The minimum absolute atomic E-state index is 0.227. The standard InChI is InChI=1S/C12H22N2O/c1-4-14(9-10(2)3)12(15)11-5-7-13-8-6-11/h11,13H,2,4-9H2,1,3H3. The van der Waals surface area contributed by atoms with Gasteiger partial charge in [-0.3, -0.25) is 4.79 Å². The van der Waals surface area contributed by atoms with E-state index in [-0.39, 0.29) is 5.92 Å². The van der Waals surface area contributed by atoms with Gasteiger partial charge in [-0.05, 0) is 39.8 Å². The quantitative estimate of drug-likeness (QED) is 0.712. The van der Waals surface area contributed by atoms with Crippen LogP contribution in [0.25, 0.3) is 0 Å². The normalized spacial score (nSPS) is 17.5. The van der Waals surface area contributed by atoms with E-state index in [1.807, 2.05) is 18.7 Å². The molecule has 3 nitrogen and oxygen atoms in total. The molecule has 3 heteroatoms. The van der Waals surface area contributed by atoms with Gasteiger partial charge in [0.05, 0.1) is 0 Å². The molecule has 1 saturated heterocycles. The van der Waals surface area contributed by atoms with Gasteiger partial charge in [0.1, 0.15) is 0 Å². The molecule has 0 bridgehead atoms. The molecule has 1 aliphatic rings. The van der Waals surface area contributed by atoms with E-state index >= 15 is 0 Å². The minimum Gasteiger partial charge on any atom is -0.339 e. The van der Waals surface area contributed by atoms with Crippen LogP contribution in [0.15, 0.2) is 12.2 Å². The van der Waals surface area contributed by atoms with Gasteiger partial charge in [-0.15, -0.1) is 0 Å². The molecule has 0 spiro atoms. The fourth-order valence-corrected chi connectivity index (χ4v) is 2.00. The molecule has 0 unspecified atom stereocenters. The lowest BCUT2D eigenvalue weighted by atomic mass is 9.96. The summed E-state index contributed by atoms with van der Waals surface area (Å²) in [6.07, 6.45) is 1.96. The zero-order valence-electron chi connectivity index (χ0n) is 9.88. The highest BCUT2D eigenvalue weighted by Gasteiger charge is 2.24. The zero-order chi connectivity index (χ0) is 11.3. The monoisotopic (exact) mass is 210 g/mol. The van der Waals surface area contributed by atoms with Crippen molar-refractivity contribution in [2.45, 2.75) is 26.7 Å². The Labute approximate surface area is 92.5 Å². The van der Waals surface area contributed by atoms with E-state index in [9.17, 15) is 4.79 Å². The molecule has 86 valence electrons. The first kappa shape index (κ1) is 12.2. The number of likely N-dealkylation sites (N-methyl/N-ethyl adjacent to an activating group) is 1. The Morgan fingerprint density at radius 2 is 2.07 bits per heavy atom. The molecule has 1 amide bonds. The fraction of sp³-hybridized carbons (Fsp3) is 0.750. The zero-order valence-corrected chi connectivity index (χ0v) is 9.88. The van der Waals surface area contributed by atoms with Crippen LogP contribution in [0.5, 0.6) is 0 Å². The summed E-state index contributed by atoms with van der Waals surface area (Å²) in [5.74, 6) is 0.535. The molecule has 1 rings (SSSR count). The van der Waals surface area contributed by atoms with Crippen LogP contribution in [0.1, 0.15) is 26.7 Å². The third-order valence-corrected chi connectivity index (χ3v) is 2.84. The van der Waals surface area contributed by atoms with Gasteiger partial charge in [0.25, 0.3) is 0 Å². The number of piperidine rings is 1. The molecule has 1 fully saturated rings. The van der Waals surface area contributed by atoms with Gasteiger partial charge in [0.15, 0.2) is 0 Å². The van der Waals surface area contributed by atoms with E-state index in [1.165, 1.54) is 0 Å². The molecule has 1 N–H and O–H groups in total. The van der Waals surface area contributed by atoms with Crippen LogP contribution < -0.4 is 5.32 Å². The number of carbonyl (C=O) groups is 1. The summed E-state index contributed by atoms with van der Waals surface area (Å²) in [5.41, 5.74) is 1.05. The maximum Gasteiger partial charge on any atom is 0.226 e. The molecule has 1 aliphatic heterocycles. The van der Waals surface area contributed by atoms with Crippen molar-refractivity contribution in [3.63, 3.8) is 0 Å². The molecule has 0 radical (unpaired) electrons. The molecule has 0 atom stereocenters. The van der Waals surface area contributed by atoms with Crippen LogP contribution in [-0.4, -0.2) is 37.0 Å². The lowest BCUT2D eigenvalue weighted by Gasteiger charge is -2.29. The predicted molar refractivity (Wildman–Crippen MR) is 62.7 cm³/mol. The van der Waals surface area contributed by atoms with Gasteiger partial charge in [0, 0.05) is 19.0 Å². The first-order valence-corrected chi connectivity index (χ1v) is 5.79. The number of rotatable bonds is 4. The second-order valence-corrected chi connectivity index (χ2v) is 4.33. The van der Waals surface area contributed by atoms with E-state index in [4.69, 9.17) is 0 Å². The highest BCUT2D eigenvalue weighted by molar-refractivity contribution is 5.79. The molecule has 0 aliphatic carbocycles. The van der Waals surface area contributed by atoms with Gasteiger partial charge in [-0.1, -0.05) is 12.2 Å². The number of hydrogen-bond donors (Lipinski definition) is 1. The summed E-state index contributed by atoms with van der Waals surface area (Å²) in [5, 5.41) is 3.28. The van der Waals surface area contributed by atoms with E-state index < -0.39 is 0 Å². The Bertz CT molecular complexity index is 232. The number of amides is 1. The second-order valence-electron chi connectivity index (χ2n) is 4.33. The third-order valence-electron chi connectivity index (χ3n) is 2.84. The first-order chi connectivity index (χ1) is 7.15. The molecule has 0 aromatic rings. The van der Waals surface area contributed by atoms with Crippen LogP contribution in [0.4, 0.5) is 0 Å². The van der Waals surface area contributed by atoms with Crippen LogP contribution >= 0.6 is 0 Å². The van der Waals surface area contributed by atoms with E-state index in [0.717, 1.165) is 38.0 Å². The Morgan fingerprint density at radius 3 is 2.53 bits per heavy atom. The number of nitrogens with zero attached hydrogens (tertiary/aromatic N) is 1. The number of hydrogen-bond acceptors (Lipinski definition) is 2. The summed E-state index contributed by atoms with van der Waals surface area (Å²) in [6.45, 7) is 11.3. The molecule has 1 heterocycles. The van der Waals surface area contributed by atoms with Crippen molar-refractivity contribution < 1.29 is 4.79 Å². The number of nitrogens with one attached hydrogen (secondary N) is 1. The van der Waals surface area contributed by atoms with Gasteiger partial charge in [0.2, 0.25) is 5.91 Å². The molecular weight excluding hydrogens is 188 g/mol. The molecule has 0 saturated carbocycles. The molecule has 0 aromatic carbocycles. The largest absolute Gasteiger partial charge is 0.339 e. The Balaban J connectivity index is 2.50. The fourth-order valence-electron chi connectivity index (χ4n) is 2.00. The summed E-state index contributed by atoms with van der Waals surface area (Å²) in [4.78, 5) is 14.0. The Kier molecular flexibility index (Phi) is 4.82. The number of carbonyl (C=O) groups excluding carboxylic acids is 1. The van der Waals surface area contributed by atoms with Crippen molar-refractivity contribution in [2.75, 3.05) is 26.2 Å². The van der Waals surface area contributed by atoms with E-state index in [1.54, 1.807) is 0 Å². The summed E-state index contributed by atoms with van der Waals surface area (Å²) >= 11 is 0. The highest BCUT2D eigenvalue weighted by Crippen LogP contribution is 2.15. The van der Waals surface area contributed by atoms with Crippen LogP contribution in [-0.2, 0) is 4.79 Å². The SMILES string of the molecule is C=C(C)CN(CC)C(=O)C1CCNCC1. The molecule has 0 aromatic heterocycles. The van der Waals surface area contributed by atoms with Crippen LogP contribution in [0.2, 0.25) is 0 Å². The topological polar surface area (TPSA) is 32.3 Å². The lowest BCUT2D eigenvalue weighted by Crippen LogP contribution is -2.41. The highest BCUT2D eigenvalue weighted by atomic mass is 16.2. The van der Waals surface area contributed by atoms with Crippen LogP contribution in [0, 0.1) is 5.92 Å². The summed E-state index contributed by atoms with van der Waals surface area (Å²) in [7, 11) is 0. The maximum absolute atomic E-state index is 12.1. The first-order valence-electron chi connectivity index (χ1n) is 5.79. The van der Waals surface area contributed by atoms with Crippen molar-refractivity contribution in [3.8, 4) is 0 Å². The van der Waals surface area contributed by atoms with Crippen molar-refractivity contribution >= 4 is 5.91 Å². The van der Waals surface area contributed by atoms with Crippen molar-refractivity contribution in [1.29, 1.82) is 0 Å². The molecular formula is C12H22N2O. The van der Waals surface area contributed by atoms with Gasteiger partial charge in [-0.2, -0.15) is 0 Å². The average molecular weight is 210 g/mol. The smallest absolute Gasteiger partial charge is 0.226 e. The van der Waals surface area contributed by atoms with Crippen molar-refractivity contribution in [3.05, 3.63) is 12.2 Å². The van der Waals surface area contributed by atoms with Crippen molar-refractivity contribution in [2.24, 2.45) is 5.92 Å². The average Bonchev–Trinajstić information content (AvgIpc) is 2.26. The Hall–Kier alpha value is -0.830. The van der Waals surface area contributed by atoms with Gasteiger partial charge in [-0.25, -0.2) is 0 Å². The van der Waals surface area contributed by atoms with E-state index in [2.05, 4.69) is 11.9 Å². The van der Waals surface area contributed by atoms with E-state index in [0.29, 0.717) is 12.5 Å². The maximum atomic E-state index is 12.1. The lowest BCUT2D eigenvalue weighted by molar-refractivity contribution is -0.135.